The van der Waals surface area contributed by atoms with E-state index in [1.165, 1.54) is 11.1 Å². The molecular weight excluding hydrogens is 258 g/mol. The lowest BCUT2D eigenvalue weighted by Gasteiger charge is -2.07. The van der Waals surface area contributed by atoms with Crippen LogP contribution in [-0.4, -0.2) is 15.0 Å². The minimum Gasteiger partial charge on any atom is -0.265 e. The van der Waals surface area contributed by atoms with E-state index < -0.39 is 0 Å². The topological polar surface area (TPSA) is 38.7 Å². The van der Waals surface area contributed by atoms with Crippen LogP contribution in [0.1, 0.15) is 19.4 Å². The molecule has 0 N–H and O–H groups in total. The summed E-state index contributed by atoms with van der Waals surface area (Å²) in [5.41, 5.74) is 5.72. The van der Waals surface area contributed by atoms with Gasteiger partial charge in [0.15, 0.2) is 0 Å². The van der Waals surface area contributed by atoms with Gasteiger partial charge in [0.1, 0.15) is 6.33 Å². The van der Waals surface area contributed by atoms with Crippen LogP contribution in [0.25, 0.3) is 22.3 Å². The monoisotopic (exact) mass is 277 g/mol. The molecule has 0 aliphatic heterocycles. The van der Waals surface area contributed by atoms with Crippen molar-refractivity contribution >= 4 is 0 Å². The van der Waals surface area contributed by atoms with E-state index in [-0.39, 0.29) is 0 Å². The van der Waals surface area contributed by atoms with Gasteiger partial charge in [-0.1, -0.05) is 26.0 Å². The molecule has 3 aromatic rings. The fraction of sp³-hybridized carbons (Fsp3) is 0.167. The molecule has 0 spiro atoms. The van der Waals surface area contributed by atoms with Crippen molar-refractivity contribution < 1.29 is 0 Å². The Kier molecular flexibility index (Phi) is 5.16. The Bertz CT molecular complexity index is 622. The van der Waals surface area contributed by atoms with Crippen molar-refractivity contribution in [1.82, 2.24) is 15.0 Å². The van der Waals surface area contributed by atoms with Crippen LogP contribution in [0.4, 0.5) is 0 Å². The summed E-state index contributed by atoms with van der Waals surface area (Å²) in [4.78, 5) is 12.2. The maximum absolute atomic E-state index is 4.07. The Morgan fingerprint density at radius 3 is 1.86 bits per heavy atom. The van der Waals surface area contributed by atoms with Crippen LogP contribution < -0.4 is 0 Å². The molecule has 2 aromatic heterocycles. The van der Waals surface area contributed by atoms with Gasteiger partial charge in [0.05, 0.1) is 0 Å². The standard InChI is InChI=1S/C16H13N3.C2H6/c1-12-6-14(13-2-4-17-5-3-13)8-15(7-12)16-9-18-11-19-10-16;1-2/h2-11H,1H3;1-2H3. The number of aryl methyl sites for hydroxylation is 1. The van der Waals surface area contributed by atoms with Crippen LogP contribution in [0.3, 0.4) is 0 Å². The Balaban J connectivity index is 0.000000774. The van der Waals surface area contributed by atoms with Gasteiger partial charge in [-0.05, 0) is 47.4 Å². The first-order valence-electron chi connectivity index (χ1n) is 7.10. The summed E-state index contributed by atoms with van der Waals surface area (Å²) < 4.78 is 0. The number of hydrogen-bond donors (Lipinski definition) is 0. The van der Waals surface area contributed by atoms with E-state index in [0.29, 0.717) is 0 Å². The molecular formula is C18H19N3. The molecule has 0 saturated carbocycles. The Morgan fingerprint density at radius 2 is 1.24 bits per heavy atom. The van der Waals surface area contributed by atoms with Gasteiger partial charge in [-0.25, -0.2) is 9.97 Å². The van der Waals surface area contributed by atoms with Gasteiger partial charge in [0.25, 0.3) is 0 Å². The molecule has 0 aliphatic carbocycles. The molecule has 0 bridgehead atoms. The quantitative estimate of drug-likeness (QED) is 0.690. The minimum absolute atomic E-state index is 1.03. The van der Waals surface area contributed by atoms with Gasteiger partial charge in [0.2, 0.25) is 0 Å². The first kappa shape index (κ1) is 14.9. The molecule has 0 fully saturated rings. The van der Waals surface area contributed by atoms with Gasteiger partial charge in [-0.3, -0.25) is 4.98 Å². The van der Waals surface area contributed by atoms with Crippen LogP contribution in [0.5, 0.6) is 0 Å². The maximum Gasteiger partial charge on any atom is 0.115 e. The fourth-order valence-corrected chi connectivity index (χ4v) is 2.11. The van der Waals surface area contributed by atoms with Crippen LogP contribution in [0.2, 0.25) is 0 Å². The zero-order chi connectivity index (χ0) is 15.1. The molecule has 0 atom stereocenters. The van der Waals surface area contributed by atoms with E-state index in [9.17, 15) is 0 Å². The van der Waals surface area contributed by atoms with Crippen molar-refractivity contribution in [2.75, 3.05) is 0 Å². The first-order valence-corrected chi connectivity index (χ1v) is 7.10. The summed E-state index contributed by atoms with van der Waals surface area (Å²) in [6.45, 7) is 6.10. The van der Waals surface area contributed by atoms with Crippen molar-refractivity contribution in [3.05, 3.63) is 67.0 Å². The predicted molar refractivity (Wildman–Crippen MR) is 86.8 cm³/mol. The normalized spacial score (nSPS) is 9.67. The number of rotatable bonds is 2. The summed E-state index contributed by atoms with van der Waals surface area (Å²) in [7, 11) is 0. The highest BCUT2D eigenvalue weighted by Crippen LogP contribution is 2.26. The average Bonchev–Trinajstić information content (AvgIpc) is 2.58. The molecule has 3 heteroatoms. The molecule has 0 radical (unpaired) electrons. The third-order valence-corrected chi connectivity index (χ3v) is 2.98. The van der Waals surface area contributed by atoms with Crippen LogP contribution in [-0.2, 0) is 0 Å². The van der Waals surface area contributed by atoms with Gasteiger partial charge in [0, 0.05) is 30.4 Å². The molecule has 21 heavy (non-hydrogen) atoms. The molecule has 3 rings (SSSR count). The van der Waals surface area contributed by atoms with Crippen LogP contribution in [0.15, 0.2) is 61.4 Å². The zero-order valence-corrected chi connectivity index (χ0v) is 12.6. The zero-order valence-electron chi connectivity index (χ0n) is 12.6. The Morgan fingerprint density at radius 1 is 0.667 bits per heavy atom. The number of aromatic nitrogens is 3. The third-order valence-electron chi connectivity index (χ3n) is 2.98. The van der Waals surface area contributed by atoms with Crippen molar-refractivity contribution in [2.45, 2.75) is 20.8 Å². The van der Waals surface area contributed by atoms with Gasteiger partial charge < -0.3 is 0 Å². The summed E-state index contributed by atoms with van der Waals surface area (Å²) >= 11 is 0. The summed E-state index contributed by atoms with van der Waals surface area (Å²) in [6, 6.07) is 10.5. The van der Waals surface area contributed by atoms with E-state index in [2.05, 4.69) is 40.1 Å². The van der Waals surface area contributed by atoms with Crippen molar-refractivity contribution in [1.29, 1.82) is 0 Å². The second kappa shape index (κ2) is 7.29. The highest BCUT2D eigenvalue weighted by atomic mass is 14.8. The average molecular weight is 277 g/mol. The highest BCUT2D eigenvalue weighted by Gasteiger charge is 2.03. The van der Waals surface area contributed by atoms with E-state index in [0.717, 1.165) is 16.7 Å². The number of benzene rings is 1. The first-order chi connectivity index (χ1) is 10.3. The number of nitrogens with zero attached hydrogens (tertiary/aromatic N) is 3. The molecule has 0 saturated heterocycles. The Labute approximate surface area is 125 Å². The smallest absolute Gasteiger partial charge is 0.115 e. The third kappa shape index (κ3) is 3.72. The predicted octanol–water partition coefficient (Wildman–Crippen LogP) is 4.54. The summed E-state index contributed by atoms with van der Waals surface area (Å²) in [5, 5.41) is 0. The van der Waals surface area contributed by atoms with Gasteiger partial charge >= 0.3 is 0 Å². The summed E-state index contributed by atoms with van der Waals surface area (Å²) in [5.74, 6) is 0. The molecule has 3 nitrogen and oxygen atoms in total. The largest absolute Gasteiger partial charge is 0.265 e. The van der Waals surface area contributed by atoms with Crippen molar-refractivity contribution in [3.8, 4) is 22.3 Å². The Hall–Kier alpha value is -2.55. The SMILES string of the molecule is CC.Cc1cc(-c2ccncc2)cc(-c2cncnc2)c1. The van der Waals surface area contributed by atoms with Crippen LogP contribution >= 0.6 is 0 Å². The van der Waals surface area contributed by atoms with E-state index >= 15 is 0 Å². The molecule has 2 heterocycles. The molecule has 0 unspecified atom stereocenters. The second-order valence-electron chi connectivity index (χ2n) is 4.45. The van der Waals surface area contributed by atoms with E-state index in [1.807, 2.05) is 50.8 Å². The lowest BCUT2D eigenvalue weighted by molar-refractivity contribution is 1.17. The number of pyridine rings is 1. The van der Waals surface area contributed by atoms with Gasteiger partial charge in [-0.2, -0.15) is 0 Å². The highest BCUT2D eigenvalue weighted by molar-refractivity contribution is 5.73. The van der Waals surface area contributed by atoms with Gasteiger partial charge in [-0.15, -0.1) is 0 Å². The fourth-order valence-electron chi connectivity index (χ4n) is 2.11. The molecule has 0 amide bonds. The molecule has 0 aliphatic rings. The lowest BCUT2D eigenvalue weighted by atomic mass is 9.98. The van der Waals surface area contributed by atoms with Crippen molar-refractivity contribution in [2.24, 2.45) is 0 Å². The maximum atomic E-state index is 4.07. The lowest BCUT2D eigenvalue weighted by Crippen LogP contribution is -1.86. The van der Waals surface area contributed by atoms with Crippen molar-refractivity contribution in [3.63, 3.8) is 0 Å². The van der Waals surface area contributed by atoms with E-state index in [1.54, 1.807) is 6.33 Å². The van der Waals surface area contributed by atoms with Crippen LogP contribution in [0, 0.1) is 6.92 Å². The van der Waals surface area contributed by atoms with E-state index in [4.69, 9.17) is 0 Å². The number of hydrogen-bond acceptors (Lipinski definition) is 3. The second-order valence-corrected chi connectivity index (χ2v) is 4.45. The summed E-state index contributed by atoms with van der Waals surface area (Å²) in [6.07, 6.45) is 8.82. The molecule has 1 aromatic carbocycles. The minimum atomic E-state index is 1.03. The molecule has 106 valence electrons.